The maximum Gasteiger partial charge on any atom is 0.0775 e. The largest absolute Gasteiger partial charge is 0.381 e. The first-order chi connectivity index (χ1) is 10.0. The van der Waals surface area contributed by atoms with Crippen LogP contribution in [0.4, 0.5) is 5.69 Å². The molecular formula is C19H25NSi. The molecule has 2 heteroatoms. The molecule has 3 rings (SSSR count). The van der Waals surface area contributed by atoms with Gasteiger partial charge in [-0.05, 0) is 48.1 Å². The quantitative estimate of drug-likeness (QED) is 0.828. The molecule has 1 aliphatic carbocycles. The minimum atomic E-state index is -1.18. The van der Waals surface area contributed by atoms with E-state index in [2.05, 4.69) is 67.4 Å². The fourth-order valence-corrected chi connectivity index (χ4v) is 4.18. The molecule has 0 heterocycles. The lowest BCUT2D eigenvalue weighted by Gasteiger charge is -2.17. The Morgan fingerprint density at radius 1 is 0.905 bits per heavy atom. The molecule has 0 spiro atoms. The van der Waals surface area contributed by atoms with Crippen molar-refractivity contribution in [2.45, 2.75) is 45.4 Å². The van der Waals surface area contributed by atoms with Crippen molar-refractivity contribution in [1.29, 1.82) is 0 Å². The van der Waals surface area contributed by atoms with Gasteiger partial charge in [-0.1, -0.05) is 55.2 Å². The van der Waals surface area contributed by atoms with Crippen LogP contribution < -0.4 is 10.5 Å². The summed E-state index contributed by atoms with van der Waals surface area (Å²) < 4.78 is 0. The summed E-state index contributed by atoms with van der Waals surface area (Å²) in [5.74, 6) is 0. The van der Waals surface area contributed by atoms with Crippen molar-refractivity contribution in [2.24, 2.45) is 0 Å². The second kappa shape index (κ2) is 5.68. The summed E-state index contributed by atoms with van der Waals surface area (Å²) in [6, 6.07) is 16.0. The molecule has 21 heavy (non-hydrogen) atoms. The van der Waals surface area contributed by atoms with E-state index in [0.29, 0.717) is 0 Å². The molecule has 2 aromatic rings. The molecule has 0 radical (unpaired) electrons. The number of anilines is 1. The third-order valence-corrected chi connectivity index (χ3v) is 6.48. The normalized spacial score (nSPS) is 14.0. The van der Waals surface area contributed by atoms with Crippen LogP contribution >= 0.6 is 0 Å². The lowest BCUT2D eigenvalue weighted by molar-refractivity contribution is 0.912. The first-order valence-electron chi connectivity index (χ1n) is 7.97. The Morgan fingerprint density at radius 3 is 2.33 bits per heavy atom. The highest BCUT2D eigenvalue weighted by atomic mass is 28.3. The van der Waals surface area contributed by atoms with Crippen LogP contribution in [0, 0.1) is 0 Å². The van der Waals surface area contributed by atoms with Gasteiger partial charge in [0.2, 0.25) is 0 Å². The van der Waals surface area contributed by atoms with Crippen molar-refractivity contribution < 1.29 is 0 Å². The molecule has 0 bridgehead atoms. The highest BCUT2D eigenvalue weighted by Crippen LogP contribution is 2.25. The molecule has 0 aliphatic heterocycles. The van der Waals surface area contributed by atoms with Gasteiger partial charge in [-0.25, -0.2) is 0 Å². The van der Waals surface area contributed by atoms with Crippen LogP contribution in [0.15, 0.2) is 42.5 Å². The number of hydrogen-bond acceptors (Lipinski definition) is 1. The summed E-state index contributed by atoms with van der Waals surface area (Å²) in [6.45, 7) is 8.09. The Labute approximate surface area is 129 Å². The zero-order valence-corrected chi connectivity index (χ0v) is 14.4. The van der Waals surface area contributed by atoms with Gasteiger partial charge in [-0.2, -0.15) is 0 Å². The highest BCUT2D eigenvalue weighted by Gasteiger charge is 2.15. The maximum atomic E-state index is 3.56. The summed E-state index contributed by atoms with van der Waals surface area (Å²) >= 11 is 0. The summed E-state index contributed by atoms with van der Waals surface area (Å²) in [5, 5.41) is 5.09. The lowest BCUT2D eigenvalue weighted by Crippen LogP contribution is -2.37. The van der Waals surface area contributed by atoms with E-state index in [1.54, 1.807) is 5.56 Å². The molecule has 1 N–H and O–H groups in total. The van der Waals surface area contributed by atoms with E-state index in [1.165, 1.54) is 41.3 Å². The minimum Gasteiger partial charge on any atom is -0.381 e. The molecule has 0 aromatic heterocycles. The van der Waals surface area contributed by atoms with Gasteiger partial charge < -0.3 is 5.32 Å². The SMILES string of the molecule is C[Si](C)(C)c1ccc(CNc2ccc3c(c2)CCC3)cc1. The maximum absolute atomic E-state index is 3.56. The molecule has 110 valence electrons. The van der Waals surface area contributed by atoms with Crippen LogP contribution in [-0.4, -0.2) is 8.07 Å². The zero-order valence-electron chi connectivity index (χ0n) is 13.4. The van der Waals surface area contributed by atoms with Crippen molar-refractivity contribution >= 4 is 18.9 Å². The van der Waals surface area contributed by atoms with Crippen molar-refractivity contribution in [3.05, 3.63) is 59.2 Å². The van der Waals surface area contributed by atoms with Crippen LogP contribution in [-0.2, 0) is 19.4 Å². The predicted octanol–water partition coefficient (Wildman–Crippen LogP) is 4.33. The summed E-state index contributed by atoms with van der Waals surface area (Å²) in [5.41, 5.74) is 5.69. The van der Waals surface area contributed by atoms with E-state index in [9.17, 15) is 0 Å². The number of nitrogens with one attached hydrogen (secondary N) is 1. The number of rotatable bonds is 4. The molecule has 0 atom stereocenters. The molecule has 2 aromatic carbocycles. The van der Waals surface area contributed by atoms with E-state index in [0.717, 1.165) is 6.54 Å². The smallest absolute Gasteiger partial charge is 0.0775 e. The number of benzene rings is 2. The second-order valence-corrected chi connectivity index (χ2v) is 12.2. The third kappa shape index (κ3) is 3.38. The van der Waals surface area contributed by atoms with E-state index in [-0.39, 0.29) is 0 Å². The van der Waals surface area contributed by atoms with Gasteiger partial charge in [0, 0.05) is 12.2 Å². The summed E-state index contributed by atoms with van der Waals surface area (Å²) in [6.07, 6.45) is 3.82. The molecule has 0 saturated heterocycles. The fourth-order valence-electron chi connectivity index (χ4n) is 3.01. The van der Waals surface area contributed by atoms with Crippen molar-refractivity contribution in [1.82, 2.24) is 0 Å². The average molecular weight is 296 g/mol. The Hall–Kier alpha value is -1.54. The molecule has 0 saturated carbocycles. The van der Waals surface area contributed by atoms with Crippen molar-refractivity contribution in [3.63, 3.8) is 0 Å². The van der Waals surface area contributed by atoms with Gasteiger partial charge in [0.25, 0.3) is 0 Å². The number of hydrogen-bond donors (Lipinski definition) is 1. The molecule has 1 aliphatic rings. The first kappa shape index (κ1) is 14.4. The molecule has 0 fully saturated rings. The number of fused-ring (bicyclic) bond motifs is 1. The van der Waals surface area contributed by atoms with Gasteiger partial charge >= 0.3 is 0 Å². The Morgan fingerprint density at radius 2 is 1.62 bits per heavy atom. The fraction of sp³-hybridized carbons (Fsp3) is 0.368. The summed E-state index contributed by atoms with van der Waals surface area (Å²) in [4.78, 5) is 0. The van der Waals surface area contributed by atoms with Gasteiger partial charge in [0.05, 0.1) is 8.07 Å². The van der Waals surface area contributed by atoms with E-state index < -0.39 is 8.07 Å². The Bertz CT molecular complexity index is 623. The monoisotopic (exact) mass is 295 g/mol. The van der Waals surface area contributed by atoms with Crippen LogP contribution in [0.5, 0.6) is 0 Å². The van der Waals surface area contributed by atoms with Gasteiger partial charge in [0.15, 0.2) is 0 Å². The van der Waals surface area contributed by atoms with Gasteiger partial charge in [-0.3, -0.25) is 0 Å². The van der Waals surface area contributed by atoms with Crippen molar-refractivity contribution in [3.8, 4) is 0 Å². The lowest BCUT2D eigenvalue weighted by atomic mass is 10.1. The predicted molar refractivity (Wildman–Crippen MR) is 95.2 cm³/mol. The van der Waals surface area contributed by atoms with Gasteiger partial charge in [-0.15, -0.1) is 0 Å². The van der Waals surface area contributed by atoms with Crippen molar-refractivity contribution in [2.75, 3.05) is 5.32 Å². The molecule has 0 amide bonds. The summed E-state index contributed by atoms with van der Waals surface area (Å²) in [7, 11) is -1.18. The van der Waals surface area contributed by atoms with Crippen LogP contribution in [0.1, 0.15) is 23.1 Å². The van der Waals surface area contributed by atoms with Gasteiger partial charge in [0.1, 0.15) is 0 Å². The first-order valence-corrected chi connectivity index (χ1v) is 11.5. The highest BCUT2D eigenvalue weighted by molar-refractivity contribution is 6.88. The van der Waals surface area contributed by atoms with Crippen LogP contribution in [0.2, 0.25) is 19.6 Å². The topological polar surface area (TPSA) is 12.0 Å². The van der Waals surface area contributed by atoms with E-state index >= 15 is 0 Å². The Kier molecular flexibility index (Phi) is 3.90. The zero-order chi connectivity index (χ0) is 14.9. The van der Waals surface area contributed by atoms with Crippen LogP contribution in [0.3, 0.4) is 0 Å². The average Bonchev–Trinajstić information content (AvgIpc) is 2.92. The van der Waals surface area contributed by atoms with Crippen LogP contribution in [0.25, 0.3) is 0 Å². The molecule has 0 unspecified atom stereocenters. The standard InChI is InChI=1S/C19H25NSi/c1-21(2,3)19-11-7-15(8-12-19)14-20-18-10-9-16-5-4-6-17(16)13-18/h7-13,20H,4-6,14H2,1-3H3. The molecule has 1 nitrogen and oxygen atoms in total. The molecular weight excluding hydrogens is 270 g/mol. The third-order valence-electron chi connectivity index (χ3n) is 4.42. The van der Waals surface area contributed by atoms with E-state index in [4.69, 9.17) is 0 Å². The second-order valence-electron chi connectivity index (χ2n) is 7.14. The van der Waals surface area contributed by atoms with E-state index in [1.807, 2.05) is 0 Å². The number of aryl methyl sites for hydroxylation is 2. The Balaban J connectivity index is 1.65. The minimum absolute atomic E-state index is 0.908.